The number of ether oxygens (including phenoxy) is 1. The molecule has 7 heteroatoms. The lowest BCUT2D eigenvalue weighted by Gasteiger charge is -2.36. The predicted molar refractivity (Wildman–Crippen MR) is 131 cm³/mol. The smallest absolute Gasteiger partial charge is 0.275 e. The molecule has 1 aliphatic carbocycles. The minimum Gasteiger partial charge on any atom is -0.490 e. The molecule has 0 amide bonds. The summed E-state index contributed by atoms with van der Waals surface area (Å²) in [5.41, 5.74) is 0.822. The highest BCUT2D eigenvalue weighted by Crippen LogP contribution is 2.37. The zero-order valence-electron chi connectivity index (χ0n) is 19.1. The second-order valence-electron chi connectivity index (χ2n) is 10.2. The predicted octanol–water partition coefficient (Wildman–Crippen LogP) is 4.30. The topological polar surface area (TPSA) is 67.6 Å². The van der Waals surface area contributed by atoms with E-state index in [1.54, 1.807) is 10.9 Å². The number of thiophene rings is 1. The summed E-state index contributed by atoms with van der Waals surface area (Å²) in [6, 6.07) is 11.0. The second-order valence-corrected chi connectivity index (χ2v) is 11.3. The number of piperidine rings is 1. The molecule has 1 saturated carbocycles. The van der Waals surface area contributed by atoms with Gasteiger partial charge >= 0.3 is 0 Å². The van der Waals surface area contributed by atoms with Crippen LogP contribution in [0.1, 0.15) is 56.2 Å². The van der Waals surface area contributed by atoms with Gasteiger partial charge in [-0.05, 0) is 75.9 Å². The quantitative estimate of drug-likeness (QED) is 0.609. The summed E-state index contributed by atoms with van der Waals surface area (Å²) >= 11 is 1.47. The number of fused-ring (bicyclic) bond motifs is 3. The first-order chi connectivity index (χ1) is 16.0. The van der Waals surface area contributed by atoms with Crippen molar-refractivity contribution in [1.29, 1.82) is 0 Å². The molecule has 6 rings (SSSR count). The Balaban J connectivity index is 1.20. The Bertz CT molecular complexity index is 1200. The fraction of sp³-hybridized carbons (Fsp3) is 0.538. The molecule has 1 N–H and O–H groups in total. The molecule has 2 bridgehead atoms. The van der Waals surface area contributed by atoms with Gasteiger partial charge in [0.1, 0.15) is 22.9 Å². The Kier molecular flexibility index (Phi) is 5.31. The van der Waals surface area contributed by atoms with E-state index >= 15 is 0 Å². The van der Waals surface area contributed by atoms with E-state index in [1.807, 2.05) is 30.3 Å². The van der Waals surface area contributed by atoms with Crippen LogP contribution in [0, 0.1) is 0 Å². The molecule has 1 aromatic carbocycles. The van der Waals surface area contributed by atoms with Crippen molar-refractivity contribution < 1.29 is 9.84 Å². The van der Waals surface area contributed by atoms with Crippen LogP contribution in [0.3, 0.4) is 0 Å². The Labute approximate surface area is 197 Å². The van der Waals surface area contributed by atoms with E-state index in [2.05, 4.69) is 16.9 Å². The molecule has 0 radical (unpaired) electrons. The molecule has 33 heavy (non-hydrogen) atoms. The van der Waals surface area contributed by atoms with Crippen LogP contribution in [0.25, 0.3) is 15.9 Å². The molecular formula is C26H31N3O3S. The van der Waals surface area contributed by atoms with Crippen molar-refractivity contribution in [2.24, 2.45) is 0 Å². The van der Waals surface area contributed by atoms with Crippen LogP contribution >= 0.6 is 11.3 Å². The van der Waals surface area contributed by atoms with Gasteiger partial charge in [-0.2, -0.15) is 0 Å². The van der Waals surface area contributed by atoms with Gasteiger partial charge in [0.25, 0.3) is 5.56 Å². The van der Waals surface area contributed by atoms with Crippen LogP contribution in [-0.4, -0.2) is 50.4 Å². The van der Waals surface area contributed by atoms with Crippen molar-refractivity contribution in [2.45, 2.75) is 81.6 Å². The summed E-state index contributed by atoms with van der Waals surface area (Å²) in [7, 11) is 2.24. The molecule has 4 heterocycles. The molecular weight excluding hydrogens is 434 g/mol. The Morgan fingerprint density at radius 1 is 1.15 bits per heavy atom. The van der Waals surface area contributed by atoms with E-state index in [0.29, 0.717) is 23.2 Å². The average Bonchev–Trinajstić information content (AvgIpc) is 3.45. The van der Waals surface area contributed by atoms with Gasteiger partial charge < -0.3 is 14.7 Å². The fourth-order valence-corrected chi connectivity index (χ4v) is 7.28. The molecule has 3 aliphatic rings. The lowest BCUT2D eigenvalue weighted by Crippen LogP contribution is -2.43. The van der Waals surface area contributed by atoms with Gasteiger partial charge in [0, 0.05) is 23.4 Å². The van der Waals surface area contributed by atoms with E-state index < -0.39 is 5.60 Å². The second kappa shape index (κ2) is 8.22. The third kappa shape index (κ3) is 4.00. The van der Waals surface area contributed by atoms with Gasteiger partial charge in [0.05, 0.1) is 16.8 Å². The summed E-state index contributed by atoms with van der Waals surface area (Å²) in [6.45, 7) is 0. The van der Waals surface area contributed by atoms with Gasteiger partial charge in [0.15, 0.2) is 0 Å². The normalized spacial score (nSPS) is 26.8. The lowest BCUT2D eigenvalue weighted by molar-refractivity contribution is 0.0490. The fourth-order valence-electron chi connectivity index (χ4n) is 6.10. The maximum absolute atomic E-state index is 13.2. The molecule has 3 fully saturated rings. The number of nitrogens with zero attached hydrogens (tertiary/aromatic N) is 3. The molecule has 6 nitrogen and oxygen atoms in total. The number of aliphatic hydroxyl groups is 1. The van der Waals surface area contributed by atoms with E-state index in [1.165, 1.54) is 24.2 Å². The first kappa shape index (κ1) is 21.3. The molecule has 1 unspecified atom stereocenters. The van der Waals surface area contributed by atoms with Crippen LogP contribution in [0.4, 0.5) is 0 Å². The Morgan fingerprint density at radius 2 is 1.85 bits per heavy atom. The molecule has 3 aromatic rings. The SMILES string of the molecule is CN1[C@@H]2CC[C@H]1CC(Oc1ccc(-n3cnc4cc(CC5(O)CCCC5)sc4c3=O)cc1)C2. The van der Waals surface area contributed by atoms with Crippen molar-refractivity contribution >= 4 is 21.6 Å². The highest BCUT2D eigenvalue weighted by Gasteiger charge is 2.39. The van der Waals surface area contributed by atoms with Crippen LogP contribution < -0.4 is 10.3 Å². The third-order valence-corrected chi connectivity index (χ3v) is 9.11. The molecule has 0 spiro atoms. The zero-order chi connectivity index (χ0) is 22.6. The minimum absolute atomic E-state index is 0.0600. The van der Waals surface area contributed by atoms with E-state index in [0.717, 1.165) is 60.4 Å². The van der Waals surface area contributed by atoms with Gasteiger partial charge in [-0.15, -0.1) is 11.3 Å². The maximum Gasteiger partial charge on any atom is 0.275 e. The van der Waals surface area contributed by atoms with Gasteiger partial charge in [-0.1, -0.05) is 12.8 Å². The van der Waals surface area contributed by atoms with Gasteiger partial charge in [-0.3, -0.25) is 9.36 Å². The molecule has 3 atom stereocenters. The van der Waals surface area contributed by atoms with Crippen molar-refractivity contribution in [3.05, 3.63) is 51.9 Å². The maximum atomic E-state index is 13.2. The van der Waals surface area contributed by atoms with Crippen molar-refractivity contribution in [3.8, 4) is 11.4 Å². The summed E-state index contributed by atoms with van der Waals surface area (Å²) in [5, 5.41) is 10.7. The van der Waals surface area contributed by atoms with Crippen LogP contribution in [0.2, 0.25) is 0 Å². The molecule has 174 valence electrons. The highest BCUT2D eigenvalue weighted by atomic mass is 32.1. The van der Waals surface area contributed by atoms with Crippen LogP contribution in [-0.2, 0) is 6.42 Å². The Morgan fingerprint density at radius 3 is 2.55 bits per heavy atom. The van der Waals surface area contributed by atoms with Gasteiger partial charge in [0.2, 0.25) is 0 Å². The summed E-state index contributed by atoms with van der Waals surface area (Å²) < 4.78 is 8.55. The van der Waals surface area contributed by atoms with Gasteiger partial charge in [-0.25, -0.2) is 4.98 Å². The minimum atomic E-state index is -0.622. The van der Waals surface area contributed by atoms with Crippen molar-refractivity contribution in [2.75, 3.05) is 7.05 Å². The standard InChI is InChI=1S/C26H31N3O3S/c1-28-18-4-5-19(28)13-21(12-18)32-20-8-6-17(7-9-20)29-16-27-23-14-22(33-24(23)25(29)30)15-26(31)10-2-3-11-26/h6-9,14,16,18-19,21,31H,2-5,10-13,15H2,1H3/t18-,19+,21?. The number of hydrogen-bond donors (Lipinski definition) is 1. The third-order valence-electron chi connectivity index (χ3n) is 8.00. The summed E-state index contributed by atoms with van der Waals surface area (Å²) in [5.74, 6) is 0.859. The number of benzene rings is 1. The first-order valence-corrected chi connectivity index (χ1v) is 13.0. The first-order valence-electron chi connectivity index (χ1n) is 12.2. The monoisotopic (exact) mass is 465 g/mol. The lowest BCUT2D eigenvalue weighted by atomic mass is 9.97. The van der Waals surface area contributed by atoms with E-state index in [-0.39, 0.29) is 11.7 Å². The van der Waals surface area contributed by atoms with Crippen molar-refractivity contribution in [3.63, 3.8) is 0 Å². The van der Waals surface area contributed by atoms with Crippen LogP contribution in [0.5, 0.6) is 5.75 Å². The van der Waals surface area contributed by atoms with E-state index in [4.69, 9.17) is 4.74 Å². The number of hydrogen-bond acceptors (Lipinski definition) is 6. The largest absolute Gasteiger partial charge is 0.490 e. The van der Waals surface area contributed by atoms with Crippen molar-refractivity contribution in [1.82, 2.24) is 14.5 Å². The zero-order valence-corrected chi connectivity index (χ0v) is 19.9. The molecule has 2 saturated heterocycles. The van der Waals surface area contributed by atoms with Crippen LogP contribution in [0.15, 0.2) is 41.5 Å². The van der Waals surface area contributed by atoms with E-state index in [9.17, 15) is 9.90 Å². The number of aromatic nitrogens is 2. The highest BCUT2D eigenvalue weighted by molar-refractivity contribution is 7.18. The molecule has 2 aromatic heterocycles. The molecule has 2 aliphatic heterocycles. The summed E-state index contributed by atoms with van der Waals surface area (Å²) in [6.07, 6.45) is 11.0. The number of rotatable bonds is 5. The average molecular weight is 466 g/mol. The summed E-state index contributed by atoms with van der Waals surface area (Å²) in [4.78, 5) is 21.3. The Hall–Kier alpha value is -2.22.